The molecule has 1 aliphatic heterocycles. The minimum atomic E-state index is -0.187. The first-order chi connectivity index (χ1) is 7.68. The zero-order chi connectivity index (χ0) is 11.5. The third-order valence-corrected chi connectivity index (χ3v) is 2.19. The largest absolute Gasteiger partial charge is 0.291 e. The van der Waals surface area contributed by atoms with Crippen molar-refractivity contribution in [3.63, 3.8) is 0 Å². The molecule has 0 spiro atoms. The van der Waals surface area contributed by atoms with E-state index in [9.17, 15) is 9.59 Å². The van der Waals surface area contributed by atoms with Gasteiger partial charge in [-0.05, 0) is 12.1 Å². The van der Waals surface area contributed by atoms with Crippen molar-refractivity contribution in [1.29, 1.82) is 0 Å². The zero-order valence-electron chi connectivity index (χ0n) is 8.80. The predicted octanol–water partition coefficient (Wildman–Crippen LogP) is 0.525. The van der Waals surface area contributed by atoms with Crippen molar-refractivity contribution in [3.8, 4) is 0 Å². The smallest absolute Gasteiger partial charge is 0.267 e. The first kappa shape index (κ1) is 10.4. The molecular weight excluding hydrogens is 206 g/mol. The molecule has 0 aromatic heterocycles. The Morgan fingerprint density at radius 3 is 2.69 bits per heavy atom. The van der Waals surface area contributed by atoms with Crippen LogP contribution in [0, 0.1) is 0 Å². The number of anilines is 1. The van der Waals surface area contributed by atoms with Gasteiger partial charge in [0.1, 0.15) is 6.54 Å². The van der Waals surface area contributed by atoms with E-state index in [1.807, 2.05) is 18.2 Å². The van der Waals surface area contributed by atoms with Gasteiger partial charge in [0.25, 0.3) is 5.91 Å². The van der Waals surface area contributed by atoms with Gasteiger partial charge in [0.05, 0.1) is 5.69 Å². The molecule has 1 aromatic rings. The summed E-state index contributed by atoms with van der Waals surface area (Å²) in [6, 6.07) is 9.08. The van der Waals surface area contributed by atoms with Gasteiger partial charge in [-0.3, -0.25) is 20.0 Å². The predicted molar refractivity (Wildman–Crippen MR) is 60.0 cm³/mol. The van der Waals surface area contributed by atoms with Gasteiger partial charge in [-0.1, -0.05) is 18.2 Å². The lowest BCUT2D eigenvalue weighted by Gasteiger charge is -2.27. The maximum Gasteiger partial charge on any atom is 0.267 e. The number of carbonyl (C=O) groups is 2. The normalized spacial score (nSPS) is 15.4. The van der Waals surface area contributed by atoms with Gasteiger partial charge in [-0.2, -0.15) is 0 Å². The number of carbonyl (C=O) groups excluding carboxylic acids is 2. The molecular formula is C11H11N3O2. The Balaban J connectivity index is 2.27. The first-order valence-corrected chi connectivity index (χ1v) is 4.88. The molecule has 0 radical (unpaired) electrons. The van der Waals surface area contributed by atoms with Gasteiger partial charge in [-0.25, -0.2) is 5.01 Å². The van der Waals surface area contributed by atoms with Crippen LogP contribution in [0.25, 0.3) is 0 Å². The highest BCUT2D eigenvalue weighted by molar-refractivity contribution is 6.39. The Labute approximate surface area is 92.7 Å². The summed E-state index contributed by atoms with van der Waals surface area (Å²) in [4.78, 5) is 26.6. The Morgan fingerprint density at radius 1 is 1.38 bits per heavy atom. The molecule has 1 N–H and O–H groups in total. The topological polar surface area (TPSA) is 61.8 Å². The summed E-state index contributed by atoms with van der Waals surface area (Å²) in [7, 11) is 0. The van der Waals surface area contributed by atoms with Gasteiger partial charge in [0, 0.05) is 6.92 Å². The average Bonchev–Trinajstić information content (AvgIpc) is 2.30. The summed E-state index contributed by atoms with van der Waals surface area (Å²) >= 11 is 0. The molecule has 1 heterocycles. The number of amides is 1. The lowest BCUT2D eigenvalue weighted by atomic mass is 10.3. The second kappa shape index (κ2) is 4.14. The highest BCUT2D eigenvalue weighted by atomic mass is 16.2. The SMILES string of the molecule is CC(=O)C1=NCC(=O)N(c2ccccc2)N1. The van der Waals surface area contributed by atoms with E-state index in [1.54, 1.807) is 12.1 Å². The minimum Gasteiger partial charge on any atom is -0.291 e. The molecule has 0 atom stereocenters. The molecule has 0 saturated carbocycles. The Bertz CT molecular complexity index is 454. The molecule has 1 amide bonds. The zero-order valence-corrected chi connectivity index (χ0v) is 8.80. The maximum absolute atomic E-state index is 11.6. The maximum atomic E-state index is 11.6. The van der Waals surface area contributed by atoms with E-state index >= 15 is 0 Å². The number of rotatable bonds is 2. The van der Waals surface area contributed by atoms with E-state index in [1.165, 1.54) is 11.9 Å². The van der Waals surface area contributed by atoms with Crippen molar-refractivity contribution in [3.05, 3.63) is 30.3 Å². The van der Waals surface area contributed by atoms with Crippen LogP contribution in [0.1, 0.15) is 6.92 Å². The lowest BCUT2D eigenvalue weighted by molar-refractivity contribution is -0.118. The molecule has 1 aliphatic rings. The number of hydrazine groups is 1. The van der Waals surface area contributed by atoms with Gasteiger partial charge < -0.3 is 0 Å². The Morgan fingerprint density at radius 2 is 2.06 bits per heavy atom. The van der Waals surface area contributed by atoms with Crippen LogP contribution in [0.5, 0.6) is 0 Å². The summed E-state index contributed by atoms with van der Waals surface area (Å²) < 4.78 is 0. The van der Waals surface area contributed by atoms with E-state index in [2.05, 4.69) is 10.4 Å². The quantitative estimate of drug-likeness (QED) is 0.785. The van der Waals surface area contributed by atoms with Gasteiger partial charge in [0.15, 0.2) is 11.6 Å². The molecule has 5 nitrogen and oxygen atoms in total. The van der Waals surface area contributed by atoms with E-state index in [0.29, 0.717) is 5.69 Å². The molecule has 1 aromatic carbocycles. The van der Waals surface area contributed by atoms with E-state index in [-0.39, 0.29) is 24.1 Å². The van der Waals surface area contributed by atoms with E-state index in [0.717, 1.165) is 0 Å². The third-order valence-electron chi connectivity index (χ3n) is 2.19. The summed E-state index contributed by atoms with van der Waals surface area (Å²) in [6.07, 6.45) is 0. The summed E-state index contributed by atoms with van der Waals surface area (Å²) in [5.41, 5.74) is 3.40. The second-order valence-corrected chi connectivity index (χ2v) is 3.40. The van der Waals surface area contributed by atoms with E-state index in [4.69, 9.17) is 0 Å². The molecule has 16 heavy (non-hydrogen) atoms. The number of benzene rings is 1. The van der Waals surface area contributed by atoms with Crippen molar-refractivity contribution in [2.24, 2.45) is 4.99 Å². The molecule has 0 aliphatic carbocycles. The molecule has 0 bridgehead atoms. The number of hydrogen-bond donors (Lipinski definition) is 1. The van der Waals surface area contributed by atoms with Gasteiger partial charge in [-0.15, -0.1) is 0 Å². The van der Waals surface area contributed by atoms with Crippen molar-refractivity contribution in [2.75, 3.05) is 11.6 Å². The van der Waals surface area contributed by atoms with Gasteiger partial charge >= 0.3 is 0 Å². The molecule has 5 heteroatoms. The molecule has 0 fully saturated rings. The fraction of sp³-hybridized carbons (Fsp3) is 0.182. The van der Waals surface area contributed by atoms with Crippen molar-refractivity contribution in [2.45, 2.75) is 6.92 Å². The first-order valence-electron chi connectivity index (χ1n) is 4.88. The number of aliphatic imine (C=N–C) groups is 1. The van der Waals surface area contributed by atoms with Crippen LogP contribution >= 0.6 is 0 Å². The number of nitrogens with one attached hydrogen (secondary N) is 1. The van der Waals surface area contributed by atoms with Crippen LogP contribution in [0.3, 0.4) is 0 Å². The van der Waals surface area contributed by atoms with Crippen LogP contribution in [0.2, 0.25) is 0 Å². The van der Waals surface area contributed by atoms with Crippen LogP contribution in [-0.4, -0.2) is 24.1 Å². The average molecular weight is 217 g/mol. The number of para-hydroxylation sites is 1. The second-order valence-electron chi connectivity index (χ2n) is 3.40. The summed E-state index contributed by atoms with van der Waals surface area (Å²) in [5, 5.41) is 1.34. The monoisotopic (exact) mass is 217 g/mol. The standard InChI is InChI=1S/C11H11N3O2/c1-8(15)11-12-7-10(16)14(13-11)9-5-3-2-4-6-9/h2-6H,7H2,1H3,(H,12,13). The fourth-order valence-corrected chi connectivity index (χ4v) is 1.40. The summed E-state index contributed by atoms with van der Waals surface area (Å²) in [6.45, 7) is 1.40. The van der Waals surface area contributed by atoms with Crippen LogP contribution in [0.4, 0.5) is 5.69 Å². The van der Waals surface area contributed by atoms with Crippen molar-refractivity contribution < 1.29 is 9.59 Å². The van der Waals surface area contributed by atoms with Crippen molar-refractivity contribution in [1.82, 2.24) is 5.43 Å². The van der Waals surface area contributed by atoms with Gasteiger partial charge in [0.2, 0.25) is 0 Å². The molecule has 0 saturated heterocycles. The molecule has 0 unspecified atom stereocenters. The third kappa shape index (κ3) is 1.93. The number of Topliss-reactive ketones (excluding diaryl/α,β-unsaturated/α-hetero) is 1. The number of ketones is 1. The van der Waals surface area contributed by atoms with Crippen LogP contribution < -0.4 is 10.4 Å². The molecule has 82 valence electrons. The number of amidine groups is 1. The van der Waals surface area contributed by atoms with Crippen LogP contribution in [-0.2, 0) is 9.59 Å². The number of nitrogens with zero attached hydrogens (tertiary/aromatic N) is 2. The highest BCUT2D eigenvalue weighted by Gasteiger charge is 2.23. The lowest BCUT2D eigenvalue weighted by Crippen LogP contribution is -2.53. The van der Waals surface area contributed by atoms with Crippen LogP contribution in [0.15, 0.2) is 35.3 Å². The number of hydrogen-bond acceptors (Lipinski definition) is 4. The fourth-order valence-electron chi connectivity index (χ4n) is 1.40. The Kier molecular flexibility index (Phi) is 2.68. The minimum absolute atomic E-state index is 0.00317. The van der Waals surface area contributed by atoms with Crippen molar-refractivity contribution >= 4 is 23.2 Å². The highest BCUT2D eigenvalue weighted by Crippen LogP contribution is 2.12. The molecule has 2 rings (SSSR count). The van der Waals surface area contributed by atoms with E-state index < -0.39 is 0 Å². The Hall–Kier alpha value is -2.17. The summed E-state index contributed by atoms with van der Waals surface area (Å²) in [5.74, 6) is -0.159.